The summed E-state index contributed by atoms with van der Waals surface area (Å²) in [6.45, 7) is 9.00. The van der Waals surface area contributed by atoms with Gasteiger partial charge in [0.15, 0.2) is 0 Å². The van der Waals surface area contributed by atoms with Crippen LogP contribution >= 0.6 is 12.2 Å². The highest BCUT2D eigenvalue weighted by atomic mass is 32.1. The topological polar surface area (TPSA) is 36.9 Å². The number of rotatable bonds is 8. The zero-order valence-corrected chi connectivity index (χ0v) is 11.7. The summed E-state index contributed by atoms with van der Waals surface area (Å²) in [6.07, 6.45) is 0.650. The van der Waals surface area contributed by atoms with Crippen molar-refractivity contribution in [2.24, 2.45) is 0 Å². The van der Waals surface area contributed by atoms with Crippen LogP contribution in [0.2, 0.25) is 0 Å². The summed E-state index contributed by atoms with van der Waals surface area (Å²) in [5.74, 6) is 0. The Hall–Kier alpha value is -0.0131. The van der Waals surface area contributed by atoms with Crippen molar-refractivity contribution in [1.29, 1.82) is 0 Å². The van der Waals surface area contributed by atoms with Crippen molar-refractivity contribution in [3.63, 3.8) is 0 Å². The first-order valence-electron chi connectivity index (χ1n) is 5.27. The van der Waals surface area contributed by atoms with E-state index in [1.807, 2.05) is 27.7 Å². The molecule has 0 aromatic rings. The van der Waals surface area contributed by atoms with Gasteiger partial charge in [-0.2, -0.15) is 0 Å². The lowest BCUT2D eigenvalue weighted by atomic mass is 10.5. The predicted molar refractivity (Wildman–Crippen MR) is 64.6 cm³/mol. The van der Waals surface area contributed by atoms with E-state index in [1.54, 1.807) is 0 Å². The maximum absolute atomic E-state index is 5.51. The molecule has 0 fully saturated rings. The van der Waals surface area contributed by atoms with Gasteiger partial charge in [0.25, 0.3) is 0 Å². The largest absolute Gasteiger partial charge is 0.750 e. The molecule has 0 amide bonds. The molecule has 0 aromatic carbocycles. The molecule has 0 spiro atoms. The Morgan fingerprint density at radius 2 is 1.33 bits per heavy atom. The van der Waals surface area contributed by atoms with Crippen LogP contribution in [0.25, 0.3) is 0 Å². The lowest BCUT2D eigenvalue weighted by Gasteiger charge is -2.26. The van der Waals surface area contributed by atoms with E-state index in [-0.39, 0.29) is 0 Å². The molecular formula is C9H20O4SSi. The second kappa shape index (κ2) is 8.18. The normalized spacial score (nSPS) is 11.5. The van der Waals surface area contributed by atoms with Gasteiger partial charge in [-0.15, -0.1) is 0 Å². The van der Waals surface area contributed by atoms with Crippen LogP contribution in [0.4, 0.5) is 0 Å². The standard InChI is InChI=1S/C9H20O4SSi/c1-5-9(14)13-15(10-6-2,11-7-3)12-8-4/h5-8H2,1-4H3. The summed E-state index contributed by atoms with van der Waals surface area (Å²) in [5.41, 5.74) is 0. The first-order chi connectivity index (χ1) is 7.14. The lowest BCUT2D eigenvalue weighted by molar-refractivity contribution is 0.00624. The van der Waals surface area contributed by atoms with Gasteiger partial charge in [0, 0.05) is 26.2 Å². The minimum Gasteiger partial charge on any atom is -0.474 e. The molecule has 0 N–H and O–H groups in total. The molecule has 90 valence electrons. The Labute approximate surface area is 98.3 Å². The third-order valence-corrected chi connectivity index (χ3v) is 4.43. The van der Waals surface area contributed by atoms with Crippen LogP contribution in [-0.2, 0) is 17.7 Å². The van der Waals surface area contributed by atoms with E-state index in [2.05, 4.69) is 0 Å². The van der Waals surface area contributed by atoms with Crippen LogP contribution in [0.15, 0.2) is 0 Å². The van der Waals surface area contributed by atoms with Crippen molar-refractivity contribution in [3.05, 3.63) is 0 Å². The molecule has 0 aliphatic rings. The summed E-state index contributed by atoms with van der Waals surface area (Å²) < 4.78 is 21.9. The highest BCUT2D eigenvalue weighted by molar-refractivity contribution is 7.80. The van der Waals surface area contributed by atoms with E-state index in [0.29, 0.717) is 31.3 Å². The quantitative estimate of drug-likeness (QED) is 0.489. The zero-order valence-electron chi connectivity index (χ0n) is 9.87. The van der Waals surface area contributed by atoms with Crippen molar-refractivity contribution in [3.8, 4) is 0 Å². The minimum absolute atomic E-state index is 0.469. The van der Waals surface area contributed by atoms with Crippen LogP contribution in [-0.4, -0.2) is 33.9 Å². The maximum Gasteiger partial charge on any atom is 0.750 e. The molecule has 0 aliphatic heterocycles. The van der Waals surface area contributed by atoms with Gasteiger partial charge in [0.2, 0.25) is 0 Å². The van der Waals surface area contributed by atoms with Gasteiger partial charge in [-0.3, -0.25) is 0 Å². The van der Waals surface area contributed by atoms with Gasteiger partial charge in [0.1, 0.15) is 5.05 Å². The molecule has 0 atom stereocenters. The van der Waals surface area contributed by atoms with Gasteiger partial charge in [-0.25, -0.2) is 0 Å². The monoisotopic (exact) mass is 252 g/mol. The fraction of sp³-hybridized carbons (Fsp3) is 0.889. The molecule has 15 heavy (non-hydrogen) atoms. The Balaban J connectivity index is 4.51. The molecule has 0 saturated heterocycles. The van der Waals surface area contributed by atoms with E-state index in [0.717, 1.165) is 0 Å². The second-order valence-electron chi connectivity index (χ2n) is 2.63. The molecule has 4 nitrogen and oxygen atoms in total. The van der Waals surface area contributed by atoms with Crippen LogP contribution in [0, 0.1) is 0 Å². The van der Waals surface area contributed by atoms with Gasteiger partial charge in [0.05, 0.1) is 0 Å². The molecule has 0 heterocycles. The van der Waals surface area contributed by atoms with E-state index in [9.17, 15) is 0 Å². The highest BCUT2D eigenvalue weighted by Gasteiger charge is 2.48. The average molecular weight is 252 g/mol. The summed E-state index contributed by atoms with van der Waals surface area (Å²) >= 11 is 5.02. The zero-order chi connectivity index (χ0) is 11.7. The van der Waals surface area contributed by atoms with Gasteiger partial charge in [-0.05, 0) is 33.0 Å². The molecule has 0 radical (unpaired) electrons. The van der Waals surface area contributed by atoms with E-state index in [4.69, 9.17) is 29.9 Å². The fourth-order valence-corrected chi connectivity index (χ4v) is 3.17. The summed E-state index contributed by atoms with van der Waals surface area (Å²) in [5, 5.41) is 0.469. The van der Waals surface area contributed by atoms with Gasteiger partial charge < -0.3 is 17.7 Å². The van der Waals surface area contributed by atoms with Crippen molar-refractivity contribution in [2.45, 2.75) is 34.1 Å². The van der Waals surface area contributed by atoms with E-state index >= 15 is 0 Å². The number of thiocarbonyl (C=S) groups is 1. The van der Waals surface area contributed by atoms with E-state index in [1.165, 1.54) is 0 Å². The van der Waals surface area contributed by atoms with Crippen LogP contribution < -0.4 is 0 Å². The number of hydrogen-bond acceptors (Lipinski definition) is 5. The van der Waals surface area contributed by atoms with Crippen LogP contribution in [0.1, 0.15) is 34.1 Å². The first-order valence-corrected chi connectivity index (χ1v) is 7.31. The Morgan fingerprint density at radius 3 is 1.60 bits per heavy atom. The SMILES string of the molecule is CCO[Si](OCC)(OCC)OC(=S)CC. The molecule has 0 saturated carbocycles. The molecule has 0 aromatic heterocycles. The van der Waals surface area contributed by atoms with Crippen LogP contribution in [0.3, 0.4) is 0 Å². The molecule has 0 rings (SSSR count). The number of hydrogen-bond donors (Lipinski definition) is 0. The third kappa shape index (κ3) is 5.57. The first kappa shape index (κ1) is 15.0. The Morgan fingerprint density at radius 1 is 0.933 bits per heavy atom. The minimum atomic E-state index is -3.02. The van der Waals surface area contributed by atoms with Crippen molar-refractivity contribution in [2.75, 3.05) is 19.8 Å². The smallest absolute Gasteiger partial charge is 0.474 e. The Bertz CT molecular complexity index is 172. The van der Waals surface area contributed by atoms with Crippen molar-refractivity contribution < 1.29 is 17.7 Å². The van der Waals surface area contributed by atoms with E-state index < -0.39 is 9.05 Å². The fourth-order valence-electron chi connectivity index (χ4n) is 0.955. The second-order valence-corrected chi connectivity index (χ2v) is 5.15. The lowest BCUT2D eigenvalue weighted by Crippen LogP contribution is -2.50. The van der Waals surface area contributed by atoms with Crippen LogP contribution in [0.5, 0.6) is 0 Å². The molecule has 0 aliphatic carbocycles. The summed E-state index contributed by atoms with van der Waals surface area (Å²) in [6, 6.07) is 0. The maximum atomic E-state index is 5.51. The molecule has 6 heteroatoms. The third-order valence-electron chi connectivity index (χ3n) is 1.49. The Kier molecular flexibility index (Phi) is 8.17. The van der Waals surface area contributed by atoms with Gasteiger partial charge >= 0.3 is 9.05 Å². The molecule has 0 bridgehead atoms. The van der Waals surface area contributed by atoms with Crippen molar-refractivity contribution >= 4 is 26.3 Å². The highest BCUT2D eigenvalue weighted by Crippen LogP contribution is 2.13. The predicted octanol–water partition coefficient (Wildman–Crippen LogP) is 2.29. The average Bonchev–Trinajstić information content (AvgIpc) is 2.18. The van der Waals surface area contributed by atoms with Crippen molar-refractivity contribution in [1.82, 2.24) is 0 Å². The summed E-state index contributed by atoms with van der Waals surface area (Å²) in [7, 11) is -3.02. The van der Waals surface area contributed by atoms with Gasteiger partial charge in [-0.1, -0.05) is 6.92 Å². The molecule has 0 unspecified atom stereocenters. The molecular weight excluding hydrogens is 232 g/mol. The summed E-state index contributed by atoms with van der Waals surface area (Å²) in [4.78, 5) is 0.